The fourth-order valence-electron chi connectivity index (χ4n) is 0.638. The van der Waals surface area contributed by atoms with Crippen LogP contribution in [-0.4, -0.2) is 10.9 Å². The van der Waals surface area contributed by atoms with E-state index < -0.39 is 0 Å². The van der Waals surface area contributed by atoms with Gasteiger partial charge in [-0.05, 0) is 0 Å². The van der Waals surface area contributed by atoms with Gasteiger partial charge in [0.05, 0.1) is 10.7 Å². The van der Waals surface area contributed by atoms with Crippen LogP contribution in [0.5, 0.6) is 0 Å². The molecule has 0 spiro atoms. The Morgan fingerprint density at radius 2 is 2.50 bits per heavy atom. The summed E-state index contributed by atoms with van der Waals surface area (Å²) in [5.74, 6) is 0.636. The predicted octanol–water partition coefficient (Wildman–Crippen LogP) is 1.38. The molecule has 0 fully saturated rings. The number of thiazole rings is 1. The van der Waals surface area contributed by atoms with E-state index in [1.807, 2.05) is 5.38 Å². The molecular weight excluding hydrogens is 168 g/mol. The highest BCUT2D eigenvalue weighted by Gasteiger charge is 1.97. The van der Waals surface area contributed by atoms with E-state index in [9.17, 15) is 0 Å². The molecule has 0 atom stereocenters. The number of alkyl halides is 1. The number of aryl methyl sites for hydroxylation is 1. The van der Waals surface area contributed by atoms with Crippen LogP contribution in [0.25, 0.3) is 0 Å². The van der Waals surface area contributed by atoms with Gasteiger partial charge in [-0.25, -0.2) is 4.98 Å². The Bertz CT molecular complexity index is 199. The quantitative estimate of drug-likeness (QED) is 0.707. The molecule has 0 amide bonds. The minimum atomic E-state index is 0.527. The van der Waals surface area contributed by atoms with Crippen molar-refractivity contribution in [2.24, 2.45) is 5.73 Å². The molecule has 0 aliphatic heterocycles. The van der Waals surface area contributed by atoms with Gasteiger partial charge in [-0.2, -0.15) is 0 Å². The third-order valence-electron chi connectivity index (χ3n) is 1.12. The third-order valence-corrected chi connectivity index (χ3v) is 2.26. The predicted molar refractivity (Wildman–Crippen MR) is 44.4 cm³/mol. The first-order valence-corrected chi connectivity index (χ1v) is 4.47. The average molecular weight is 177 g/mol. The third kappa shape index (κ3) is 1.94. The number of hydrogen-bond donors (Lipinski definition) is 1. The van der Waals surface area contributed by atoms with Crippen LogP contribution in [0.2, 0.25) is 0 Å². The molecule has 0 aromatic carbocycles. The van der Waals surface area contributed by atoms with Crippen LogP contribution in [0.4, 0.5) is 0 Å². The second-order valence-corrected chi connectivity index (χ2v) is 3.20. The van der Waals surface area contributed by atoms with Crippen molar-refractivity contribution in [1.82, 2.24) is 4.98 Å². The summed E-state index contributed by atoms with van der Waals surface area (Å²) in [4.78, 5) is 4.23. The Morgan fingerprint density at radius 3 is 3.00 bits per heavy atom. The Hall–Kier alpha value is -0.120. The molecule has 1 aromatic rings. The van der Waals surface area contributed by atoms with Crippen molar-refractivity contribution < 1.29 is 0 Å². The maximum atomic E-state index is 5.52. The Kier molecular flexibility index (Phi) is 3.12. The molecule has 2 nitrogen and oxygen atoms in total. The normalized spacial score (nSPS) is 10.2. The largest absolute Gasteiger partial charge is 0.325 e. The van der Waals surface area contributed by atoms with Crippen LogP contribution < -0.4 is 5.73 Å². The summed E-state index contributed by atoms with van der Waals surface area (Å²) < 4.78 is 0. The lowest BCUT2D eigenvalue weighted by Crippen LogP contribution is -1.96. The molecule has 0 radical (unpaired) electrons. The van der Waals surface area contributed by atoms with E-state index in [4.69, 9.17) is 17.3 Å². The molecular formula is C6H9ClN2S. The smallest absolute Gasteiger partial charge is 0.0940 e. The molecule has 2 N–H and O–H groups in total. The Balaban J connectivity index is 2.59. The van der Waals surface area contributed by atoms with E-state index in [1.165, 1.54) is 0 Å². The Morgan fingerprint density at radius 1 is 1.70 bits per heavy atom. The monoisotopic (exact) mass is 176 g/mol. The van der Waals surface area contributed by atoms with Gasteiger partial charge in [-0.3, -0.25) is 0 Å². The van der Waals surface area contributed by atoms with Crippen LogP contribution in [0.1, 0.15) is 10.7 Å². The highest BCUT2D eigenvalue weighted by Crippen LogP contribution is 2.09. The summed E-state index contributed by atoms with van der Waals surface area (Å²) in [5, 5.41) is 3.05. The highest BCUT2D eigenvalue weighted by molar-refractivity contribution is 7.09. The first-order chi connectivity index (χ1) is 4.86. The number of nitrogens with two attached hydrogens (primary N) is 1. The van der Waals surface area contributed by atoms with Gasteiger partial charge >= 0.3 is 0 Å². The van der Waals surface area contributed by atoms with Crippen LogP contribution in [0.15, 0.2) is 5.38 Å². The van der Waals surface area contributed by atoms with Crippen molar-refractivity contribution in [3.8, 4) is 0 Å². The minimum Gasteiger partial charge on any atom is -0.325 e. The molecule has 1 heterocycles. The zero-order chi connectivity index (χ0) is 7.40. The van der Waals surface area contributed by atoms with Crippen molar-refractivity contribution in [2.45, 2.75) is 13.0 Å². The zero-order valence-corrected chi connectivity index (χ0v) is 7.08. The molecule has 1 aromatic heterocycles. The number of nitrogens with zero attached hydrogens (tertiary/aromatic N) is 1. The summed E-state index contributed by atoms with van der Waals surface area (Å²) >= 11 is 7.15. The van der Waals surface area contributed by atoms with Gasteiger partial charge in [0.1, 0.15) is 0 Å². The van der Waals surface area contributed by atoms with E-state index in [1.54, 1.807) is 11.3 Å². The van der Waals surface area contributed by atoms with Gasteiger partial charge in [-0.15, -0.1) is 22.9 Å². The van der Waals surface area contributed by atoms with Crippen LogP contribution in [0, 0.1) is 0 Å². The van der Waals surface area contributed by atoms with Crippen LogP contribution >= 0.6 is 22.9 Å². The van der Waals surface area contributed by atoms with Crippen molar-refractivity contribution in [2.75, 3.05) is 5.88 Å². The van der Waals surface area contributed by atoms with Gasteiger partial charge in [0.15, 0.2) is 0 Å². The standard InChI is InChI=1S/C6H9ClN2S/c7-2-1-6-9-5(3-8)4-10-6/h4H,1-3,8H2. The summed E-state index contributed by atoms with van der Waals surface area (Å²) in [5.41, 5.74) is 6.33. The maximum Gasteiger partial charge on any atom is 0.0940 e. The van der Waals surface area contributed by atoms with E-state index in [0.717, 1.165) is 17.1 Å². The summed E-state index contributed by atoms with van der Waals surface area (Å²) in [7, 11) is 0. The number of hydrogen-bond acceptors (Lipinski definition) is 3. The number of halogens is 1. The molecule has 0 aliphatic rings. The average Bonchev–Trinajstić information content (AvgIpc) is 2.37. The van der Waals surface area contributed by atoms with E-state index >= 15 is 0 Å². The van der Waals surface area contributed by atoms with E-state index in [0.29, 0.717) is 12.4 Å². The molecule has 4 heteroatoms. The lowest BCUT2D eigenvalue weighted by molar-refractivity contribution is 0.975. The van der Waals surface area contributed by atoms with Gasteiger partial charge in [0.25, 0.3) is 0 Å². The molecule has 56 valence electrons. The molecule has 0 bridgehead atoms. The van der Waals surface area contributed by atoms with Crippen molar-refractivity contribution >= 4 is 22.9 Å². The lowest BCUT2D eigenvalue weighted by Gasteiger charge is -1.86. The minimum absolute atomic E-state index is 0.527. The second kappa shape index (κ2) is 3.91. The zero-order valence-electron chi connectivity index (χ0n) is 5.51. The highest BCUT2D eigenvalue weighted by atomic mass is 35.5. The van der Waals surface area contributed by atoms with Crippen LogP contribution in [0.3, 0.4) is 0 Å². The van der Waals surface area contributed by atoms with E-state index in [2.05, 4.69) is 4.98 Å². The molecule has 10 heavy (non-hydrogen) atoms. The van der Waals surface area contributed by atoms with Crippen molar-refractivity contribution in [3.05, 3.63) is 16.1 Å². The summed E-state index contributed by atoms with van der Waals surface area (Å²) in [6.45, 7) is 0.527. The number of rotatable bonds is 3. The van der Waals surface area contributed by atoms with E-state index in [-0.39, 0.29) is 0 Å². The molecule has 1 rings (SSSR count). The second-order valence-electron chi connectivity index (χ2n) is 1.88. The number of aromatic nitrogens is 1. The van der Waals surface area contributed by atoms with Gasteiger partial charge in [0.2, 0.25) is 0 Å². The maximum absolute atomic E-state index is 5.52. The van der Waals surface area contributed by atoms with Gasteiger partial charge < -0.3 is 5.73 Å². The molecule has 0 saturated heterocycles. The molecule has 0 aliphatic carbocycles. The summed E-state index contributed by atoms with van der Waals surface area (Å²) in [6, 6.07) is 0. The SMILES string of the molecule is NCc1csc(CCCl)n1. The fourth-order valence-corrected chi connectivity index (χ4v) is 1.74. The lowest BCUT2D eigenvalue weighted by atomic mass is 10.5. The summed E-state index contributed by atoms with van der Waals surface area (Å²) in [6.07, 6.45) is 0.853. The first kappa shape index (κ1) is 7.98. The van der Waals surface area contributed by atoms with Gasteiger partial charge in [0, 0.05) is 24.2 Å². The first-order valence-electron chi connectivity index (χ1n) is 3.06. The fraction of sp³-hybridized carbons (Fsp3) is 0.500. The van der Waals surface area contributed by atoms with Crippen molar-refractivity contribution in [1.29, 1.82) is 0 Å². The van der Waals surface area contributed by atoms with Crippen LogP contribution in [-0.2, 0) is 13.0 Å². The topological polar surface area (TPSA) is 38.9 Å². The molecule has 0 saturated carbocycles. The molecule has 0 unspecified atom stereocenters. The van der Waals surface area contributed by atoms with Crippen molar-refractivity contribution in [3.63, 3.8) is 0 Å². The Labute approximate surface area is 69.0 Å². The van der Waals surface area contributed by atoms with Gasteiger partial charge in [-0.1, -0.05) is 0 Å².